The van der Waals surface area contributed by atoms with E-state index in [1.807, 2.05) is 6.07 Å². The molecule has 112 valence electrons. The standard InChI is InChI=1S/C14H7Br2FN2OS2/c15-10-5-9(22-12(10)16)6-11-13(20)19(14(21)18-11)8-3-1-7(17)2-4-8/h1-6H,(H,18,21)/b11-6+. The molecule has 1 saturated heterocycles. The highest BCUT2D eigenvalue weighted by molar-refractivity contribution is 9.13. The van der Waals surface area contributed by atoms with Crippen molar-refractivity contribution >= 4 is 78.2 Å². The second-order valence-electron chi connectivity index (χ2n) is 4.38. The van der Waals surface area contributed by atoms with Crippen molar-refractivity contribution in [3.8, 4) is 0 Å². The van der Waals surface area contributed by atoms with E-state index >= 15 is 0 Å². The molecule has 2 heterocycles. The maximum atomic E-state index is 13.0. The first-order valence-corrected chi connectivity index (χ1v) is 8.84. The first-order chi connectivity index (χ1) is 10.5. The van der Waals surface area contributed by atoms with E-state index in [4.69, 9.17) is 12.2 Å². The first kappa shape index (κ1) is 15.8. The molecule has 8 heteroatoms. The third-order valence-electron chi connectivity index (χ3n) is 2.91. The molecule has 0 spiro atoms. The number of carbonyl (C=O) groups excluding carboxylic acids is 1. The molecule has 0 unspecified atom stereocenters. The Morgan fingerprint density at radius 2 is 1.95 bits per heavy atom. The average molecular weight is 462 g/mol. The van der Waals surface area contributed by atoms with E-state index in [9.17, 15) is 9.18 Å². The third-order valence-corrected chi connectivity index (χ3v) is 6.40. The van der Waals surface area contributed by atoms with Crippen LogP contribution in [0.2, 0.25) is 0 Å². The number of anilines is 1. The molecule has 1 aliphatic rings. The molecule has 2 aromatic rings. The monoisotopic (exact) mass is 460 g/mol. The highest BCUT2D eigenvalue weighted by atomic mass is 79.9. The van der Waals surface area contributed by atoms with Crippen LogP contribution in [-0.4, -0.2) is 11.0 Å². The SMILES string of the molecule is O=C1/C(=C\c2cc(Br)c(Br)s2)NC(=S)N1c1ccc(F)cc1. The fourth-order valence-electron chi connectivity index (χ4n) is 1.94. The van der Waals surface area contributed by atoms with Crippen molar-refractivity contribution in [3.63, 3.8) is 0 Å². The van der Waals surface area contributed by atoms with Gasteiger partial charge in [0.05, 0.1) is 9.47 Å². The topological polar surface area (TPSA) is 32.3 Å². The van der Waals surface area contributed by atoms with Crippen LogP contribution >= 0.6 is 55.4 Å². The number of hydrogen-bond acceptors (Lipinski definition) is 3. The Morgan fingerprint density at radius 1 is 1.27 bits per heavy atom. The van der Waals surface area contributed by atoms with Crippen molar-refractivity contribution in [2.45, 2.75) is 0 Å². The molecule has 1 fully saturated rings. The van der Waals surface area contributed by atoms with Crippen molar-refractivity contribution in [1.82, 2.24) is 5.32 Å². The van der Waals surface area contributed by atoms with E-state index in [-0.39, 0.29) is 16.8 Å². The number of thiocarbonyl (C=S) groups is 1. The normalized spacial score (nSPS) is 16.5. The summed E-state index contributed by atoms with van der Waals surface area (Å²) in [7, 11) is 0. The van der Waals surface area contributed by atoms with Gasteiger partial charge in [0.25, 0.3) is 5.91 Å². The molecule has 22 heavy (non-hydrogen) atoms. The molecule has 3 nitrogen and oxygen atoms in total. The van der Waals surface area contributed by atoms with E-state index in [0.29, 0.717) is 11.4 Å². The molecule has 0 atom stereocenters. The van der Waals surface area contributed by atoms with Crippen LogP contribution in [0.1, 0.15) is 4.88 Å². The molecule has 0 bridgehead atoms. The number of benzene rings is 1. The summed E-state index contributed by atoms with van der Waals surface area (Å²) in [6.07, 6.45) is 1.73. The number of hydrogen-bond donors (Lipinski definition) is 1. The number of amides is 1. The third kappa shape index (κ3) is 3.01. The fraction of sp³-hybridized carbons (Fsp3) is 0. The van der Waals surface area contributed by atoms with Crippen LogP contribution in [0.25, 0.3) is 6.08 Å². The number of nitrogens with one attached hydrogen (secondary N) is 1. The Hall–Kier alpha value is -1.09. The molecule has 0 aliphatic carbocycles. The summed E-state index contributed by atoms with van der Waals surface area (Å²) in [6, 6.07) is 7.52. The van der Waals surface area contributed by atoms with Crippen molar-refractivity contribution in [2.24, 2.45) is 0 Å². The van der Waals surface area contributed by atoms with E-state index in [2.05, 4.69) is 37.2 Å². The van der Waals surface area contributed by atoms with Crippen molar-refractivity contribution < 1.29 is 9.18 Å². The van der Waals surface area contributed by atoms with Gasteiger partial charge in [-0.15, -0.1) is 11.3 Å². The lowest BCUT2D eigenvalue weighted by atomic mass is 10.2. The molecule has 1 aliphatic heterocycles. The fourth-order valence-corrected chi connectivity index (χ4v) is 4.27. The lowest BCUT2D eigenvalue weighted by molar-refractivity contribution is -0.113. The summed E-state index contributed by atoms with van der Waals surface area (Å²) in [4.78, 5) is 14.7. The zero-order chi connectivity index (χ0) is 15.9. The molecule has 1 amide bonds. The van der Waals surface area contributed by atoms with Crippen LogP contribution in [-0.2, 0) is 4.79 Å². The number of carbonyl (C=O) groups is 1. The molecule has 3 rings (SSSR count). The van der Waals surface area contributed by atoms with Gasteiger partial charge >= 0.3 is 0 Å². The summed E-state index contributed by atoms with van der Waals surface area (Å²) in [5, 5.41) is 3.17. The predicted molar refractivity (Wildman–Crippen MR) is 97.3 cm³/mol. The highest BCUT2D eigenvalue weighted by Crippen LogP contribution is 2.34. The van der Waals surface area contributed by atoms with Crippen LogP contribution in [0.3, 0.4) is 0 Å². The molecular formula is C14H7Br2FN2OS2. The average Bonchev–Trinajstić information content (AvgIpc) is 2.92. The number of halogens is 3. The molecule has 1 N–H and O–H groups in total. The van der Waals surface area contributed by atoms with E-state index in [1.165, 1.54) is 40.5 Å². The Bertz CT molecular complexity index is 782. The largest absolute Gasteiger partial charge is 0.327 e. The van der Waals surface area contributed by atoms with Crippen LogP contribution in [0, 0.1) is 5.82 Å². The van der Waals surface area contributed by atoms with Gasteiger partial charge in [0.2, 0.25) is 0 Å². The Labute approximate surface area is 152 Å². The quantitative estimate of drug-likeness (QED) is 0.520. The van der Waals surface area contributed by atoms with Gasteiger partial charge in [-0.25, -0.2) is 4.39 Å². The molecule has 1 aromatic carbocycles. The lowest BCUT2D eigenvalue weighted by Crippen LogP contribution is -2.30. The van der Waals surface area contributed by atoms with Crippen molar-refractivity contribution in [2.75, 3.05) is 4.90 Å². The maximum Gasteiger partial charge on any atom is 0.281 e. The Kier molecular flexibility index (Phi) is 4.44. The summed E-state index contributed by atoms with van der Waals surface area (Å²) >= 11 is 13.5. The summed E-state index contributed by atoms with van der Waals surface area (Å²) < 4.78 is 14.9. The van der Waals surface area contributed by atoms with Gasteiger partial charge in [0.15, 0.2) is 5.11 Å². The van der Waals surface area contributed by atoms with Gasteiger partial charge in [-0.05, 0) is 80.5 Å². The van der Waals surface area contributed by atoms with Gasteiger partial charge in [-0.3, -0.25) is 9.69 Å². The maximum absolute atomic E-state index is 13.0. The van der Waals surface area contributed by atoms with E-state index in [1.54, 1.807) is 6.08 Å². The zero-order valence-electron chi connectivity index (χ0n) is 10.8. The molecular weight excluding hydrogens is 455 g/mol. The second kappa shape index (κ2) is 6.19. The first-order valence-electron chi connectivity index (χ1n) is 6.03. The molecule has 0 radical (unpaired) electrons. The minimum Gasteiger partial charge on any atom is -0.327 e. The number of rotatable bonds is 2. The Morgan fingerprint density at radius 3 is 2.55 bits per heavy atom. The van der Waals surface area contributed by atoms with E-state index < -0.39 is 0 Å². The smallest absolute Gasteiger partial charge is 0.281 e. The van der Waals surface area contributed by atoms with Gasteiger partial charge in [0, 0.05) is 9.35 Å². The summed E-state index contributed by atoms with van der Waals surface area (Å²) in [6.45, 7) is 0. The minimum atomic E-state index is -0.363. The predicted octanol–water partition coefficient (Wildman–Crippen LogP) is 4.67. The van der Waals surface area contributed by atoms with E-state index in [0.717, 1.165) is 13.1 Å². The van der Waals surface area contributed by atoms with Gasteiger partial charge in [-0.2, -0.15) is 0 Å². The number of nitrogens with zero attached hydrogens (tertiary/aromatic N) is 1. The highest BCUT2D eigenvalue weighted by Gasteiger charge is 2.32. The van der Waals surface area contributed by atoms with Crippen LogP contribution in [0.15, 0.2) is 44.3 Å². The van der Waals surface area contributed by atoms with Crippen LogP contribution in [0.4, 0.5) is 10.1 Å². The lowest BCUT2D eigenvalue weighted by Gasteiger charge is -2.13. The van der Waals surface area contributed by atoms with Gasteiger partial charge < -0.3 is 5.32 Å². The zero-order valence-corrected chi connectivity index (χ0v) is 15.6. The number of thiophene rings is 1. The van der Waals surface area contributed by atoms with Gasteiger partial charge in [-0.1, -0.05) is 0 Å². The second-order valence-corrected chi connectivity index (χ2v) is 8.02. The molecule has 0 saturated carbocycles. The summed E-state index contributed by atoms with van der Waals surface area (Å²) in [5.41, 5.74) is 0.913. The van der Waals surface area contributed by atoms with Crippen molar-refractivity contribution in [1.29, 1.82) is 0 Å². The summed E-state index contributed by atoms with van der Waals surface area (Å²) in [5.74, 6) is -0.629. The Balaban J connectivity index is 1.92. The molecule has 1 aromatic heterocycles. The van der Waals surface area contributed by atoms with Crippen LogP contribution < -0.4 is 10.2 Å². The minimum absolute atomic E-state index is 0.266. The van der Waals surface area contributed by atoms with Crippen LogP contribution in [0.5, 0.6) is 0 Å². The van der Waals surface area contributed by atoms with Crippen molar-refractivity contribution in [3.05, 3.63) is 55.0 Å². The van der Waals surface area contributed by atoms with Gasteiger partial charge in [0.1, 0.15) is 11.5 Å².